The fourth-order valence-corrected chi connectivity index (χ4v) is 2.24. The quantitative estimate of drug-likeness (QED) is 0.732. The van der Waals surface area contributed by atoms with E-state index in [-0.39, 0.29) is 29.1 Å². The summed E-state index contributed by atoms with van der Waals surface area (Å²) in [5.41, 5.74) is 5.45. The fourth-order valence-electron chi connectivity index (χ4n) is 2.24. The molecule has 0 aliphatic carbocycles. The van der Waals surface area contributed by atoms with E-state index in [1.54, 1.807) is 0 Å². The molecule has 0 aromatic rings. The third kappa shape index (κ3) is 6.03. The lowest BCUT2D eigenvalue weighted by Crippen LogP contribution is -2.42. The summed E-state index contributed by atoms with van der Waals surface area (Å²) in [4.78, 5) is 23.7. The summed E-state index contributed by atoms with van der Waals surface area (Å²) in [7, 11) is 0. The minimum atomic E-state index is -0.364. The molecule has 0 saturated carbocycles. The molecular formula is C14H28N2O2. The lowest BCUT2D eigenvalue weighted by molar-refractivity contribution is -0.134. The second kappa shape index (κ2) is 7.39. The fraction of sp³-hybridized carbons (Fsp3) is 0.857. The van der Waals surface area contributed by atoms with Gasteiger partial charge >= 0.3 is 0 Å². The normalized spacial score (nSPS) is 14.9. The number of primary amides is 1. The molecule has 0 heterocycles. The predicted molar refractivity (Wildman–Crippen MR) is 73.8 cm³/mol. The molecule has 3 N–H and O–H groups in total. The monoisotopic (exact) mass is 256 g/mol. The molecule has 0 saturated heterocycles. The summed E-state index contributed by atoms with van der Waals surface area (Å²) < 4.78 is 0. The lowest BCUT2D eigenvalue weighted by atomic mass is 9.76. The molecule has 18 heavy (non-hydrogen) atoms. The Morgan fingerprint density at radius 1 is 1.17 bits per heavy atom. The second-order valence-corrected chi connectivity index (χ2v) is 6.06. The van der Waals surface area contributed by atoms with Crippen LogP contribution in [-0.4, -0.2) is 18.4 Å². The highest BCUT2D eigenvalue weighted by atomic mass is 16.2. The molecule has 4 nitrogen and oxygen atoms in total. The van der Waals surface area contributed by atoms with Crippen LogP contribution in [0.2, 0.25) is 0 Å². The van der Waals surface area contributed by atoms with E-state index in [1.807, 2.05) is 13.8 Å². The summed E-state index contributed by atoms with van der Waals surface area (Å²) in [5, 5.41) is 2.82. The van der Waals surface area contributed by atoms with Gasteiger partial charge in [-0.1, -0.05) is 34.1 Å². The zero-order chi connectivity index (χ0) is 14.3. The first kappa shape index (κ1) is 16.9. The van der Waals surface area contributed by atoms with Crippen molar-refractivity contribution >= 4 is 11.8 Å². The number of nitrogens with two attached hydrogens (primary N) is 1. The first-order valence-corrected chi connectivity index (χ1v) is 6.80. The maximum absolute atomic E-state index is 12.1. The van der Waals surface area contributed by atoms with Gasteiger partial charge in [-0.05, 0) is 25.2 Å². The van der Waals surface area contributed by atoms with Crippen molar-refractivity contribution in [2.24, 2.45) is 23.0 Å². The van der Waals surface area contributed by atoms with Crippen LogP contribution in [-0.2, 0) is 9.59 Å². The number of hydrogen-bond donors (Lipinski definition) is 2. The van der Waals surface area contributed by atoms with Gasteiger partial charge in [0.25, 0.3) is 0 Å². The average Bonchev–Trinajstić information content (AvgIpc) is 2.21. The Hall–Kier alpha value is -1.06. The van der Waals surface area contributed by atoms with Crippen molar-refractivity contribution in [2.45, 2.75) is 53.9 Å². The molecule has 106 valence electrons. The molecule has 0 rings (SSSR count). The summed E-state index contributed by atoms with van der Waals surface area (Å²) in [6.45, 7) is 10.7. The van der Waals surface area contributed by atoms with E-state index in [1.165, 1.54) is 0 Å². The zero-order valence-corrected chi connectivity index (χ0v) is 12.4. The Morgan fingerprint density at radius 3 is 2.06 bits per heavy atom. The number of carbonyl (C=O) groups is 2. The second-order valence-electron chi connectivity index (χ2n) is 6.06. The standard InChI is InChI=1S/C14H28N2O2/c1-6-8-10(12(15)17)11(9-14(3,4)5)13(18)16-7-2/h10-11H,6-9H2,1-5H3,(H2,15,17)(H,16,18)/t10-,11?/m0/s1. The smallest absolute Gasteiger partial charge is 0.223 e. The molecule has 0 spiro atoms. The summed E-state index contributed by atoms with van der Waals surface area (Å²) in [5.74, 6) is -1.09. The van der Waals surface area contributed by atoms with Gasteiger partial charge in [0.2, 0.25) is 11.8 Å². The maximum Gasteiger partial charge on any atom is 0.223 e. The van der Waals surface area contributed by atoms with Crippen LogP contribution in [0.3, 0.4) is 0 Å². The van der Waals surface area contributed by atoms with Crippen LogP contribution in [0.15, 0.2) is 0 Å². The molecule has 2 atom stereocenters. The van der Waals surface area contributed by atoms with Crippen LogP contribution in [0.4, 0.5) is 0 Å². The molecule has 0 aromatic heterocycles. The number of amides is 2. The first-order valence-electron chi connectivity index (χ1n) is 6.80. The topological polar surface area (TPSA) is 72.2 Å². The Bertz CT molecular complexity index is 282. The van der Waals surface area contributed by atoms with E-state index >= 15 is 0 Å². The minimum absolute atomic E-state index is 0.00279. The summed E-state index contributed by atoms with van der Waals surface area (Å²) in [6, 6.07) is 0. The molecule has 4 heteroatoms. The summed E-state index contributed by atoms with van der Waals surface area (Å²) in [6.07, 6.45) is 2.20. The van der Waals surface area contributed by atoms with Gasteiger partial charge in [-0.3, -0.25) is 9.59 Å². The van der Waals surface area contributed by atoms with Crippen molar-refractivity contribution in [1.82, 2.24) is 5.32 Å². The Morgan fingerprint density at radius 2 is 1.72 bits per heavy atom. The highest BCUT2D eigenvalue weighted by Crippen LogP contribution is 2.31. The van der Waals surface area contributed by atoms with Crippen LogP contribution in [0.25, 0.3) is 0 Å². The van der Waals surface area contributed by atoms with Crippen molar-refractivity contribution < 1.29 is 9.59 Å². The van der Waals surface area contributed by atoms with Gasteiger partial charge in [0, 0.05) is 18.4 Å². The van der Waals surface area contributed by atoms with Crippen LogP contribution >= 0.6 is 0 Å². The molecule has 1 unspecified atom stereocenters. The van der Waals surface area contributed by atoms with Gasteiger partial charge in [0.1, 0.15) is 0 Å². The van der Waals surface area contributed by atoms with Crippen molar-refractivity contribution in [3.8, 4) is 0 Å². The molecule has 0 aliphatic heterocycles. The van der Waals surface area contributed by atoms with Crippen LogP contribution in [0, 0.1) is 17.3 Å². The predicted octanol–water partition coefficient (Wildman–Crippen LogP) is 2.08. The minimum Gasteiger partial charge on any atom is -0.369 e. The van der Waals surface area contributed by atoms with Crippen LogP contribution in [0.1, 0.15) is 53.9 Å². The number of rotatable bonds is 7. The van der Waals surface area contributed by atoms with E-state index < -0.39 is 0 Å². The van der Waals surface area contributed by atoms with E-state index in [0.29, 0.717) is 19.4 Å². The lowest BCUT2D eigenvalue weighted by Gasteiger charge is -2.29. The Labute approximate surface area is 111 Å². The summed E-state index contributed by atoms with van der Waals surface area (Å²) >= 11 is 0. The maximum atomic E-state index is 12.1. The Kier molecular flexibility index (Phi) is 6.96. The molecule has 0 aliphatic rings. The van der Waals surface area contributed by atoms with E-state index in [4.69, 9.17) is 5.73 Å². The third-order valence-electron chi connectivity index (χ3n) is 2.97. The third-order valence-corrected chi connectivity index (χ3v) is 2.97. The van der Waals surface area contributed by atoms with Gasteiger partial charge < -0.3 is 11.1 Å². The molecule has 0 radical (unpaired) electrons. The SMILES string of the molecule is CCC[C@H](C(N)=O)C(CC(C)(C)C)C(=O)NCC. The van der Waals surface area contributed by atoms with Crippen molar-refractivity contribution in [3.63, 3.8) is 0 Å². The van der Waals surface area contributed by atoms with E-state index in [9.17, 15) is 9.59 Å². The number of nitrogens with one attached hydrogen (secondary N) is 1. The molecule has 2 amide bonds. The van der Waals surface area contributed by atoms with E-state index in [0.717, 1.165) is 6.42 Å². The van der Waals surface area contributed by atoms with Crippen molar-refractivity contribution in [1.29, 1.82) is 0 Å². The van der Waals surface area contributed by atoms with Crippen LogP contribution in [0.5, 0.6) is 0 Å². The average molecular weight is 256 g/mol. The number of carbonyl (C=O) groups excluding carboxylic acids is 2. The molecule has 0 fully saturated rings. The van der Waals surface area contributed by atoms with Gasteiger partial charge in [-0.25, -0.2) is 0 Å². The largest absolute Gasteiger partial charge is 0.369 e. The highest BCUT2D eigenvalue weighted by Gasteiger charge is 2.34. The van der Waals surface area contributed by atoms with Gasteiger partial charge in [0.05, 0.1) is 0 Å². The van der Waals surface area contributed by atoms with Crippen molar-refractivity contribution in [3.05, 3.63) is 0 Å². The van der Waals surface area contributed by atoms with Crippen molar-refractivity contribution in [2.75, 3.05) is 6.54 Å². The Balaban J connectivity index is 5.02. The van der Waals surface area contributed by atoms with Gasteiger partial charge in [0.15, 0.2) is 0 Å². The van der Waals surface area contributed by atoms with Crippen LogP contribution < -0.4 is 11.1 Å². The van der Waals surface area contributed by atoms with Gasteiger partial charge in [-0.15, -0.1) is 0 Å². The molecule has 0 bridgehead atoms. The van der Waals surface area contributed by atoms with Gasteiger partial charge in [-0.2, -0.15) is 0 Å². The zero-order valence-electron chi connectivity index (χ0n) is 12.4. The highest BCUT2D eigenvalue weighted by molar-refractivity contribution is 5.86. The first-order chi connectivity index (χ1) is 8.22. The van der Waals surface area contributed by atoms with E-state index in [2.05, 4.69) is 26.1 Å². The molecule has 0 aromatic carbocycles. The molecular weight excluding hydrogens is 228 g/mol. The number of hydrogen-bond acceptors (Lipinski definition) is 2.